The largest absolute Gasteiger partial charge is 0.0537 e. The van der Waals surface area contributed by atoms with Gasteiger partial charge in [0.1, 0.15) is 0 Å². The molecule has 66 valence electrons. The highest BCUT2D eigenvalue weighted by molar-refractivity contribution is 5.72. The van der Waals surface area contributed by atoms with Gasteiger partial charge in [0, 0.05) is 0 Å². The van der Waals surface area contributed by atoms with Crippen molar-refractivity contribution in [3.05, 3.63) is 59.7 Å². The van der Waals surface area contributed by atoms with E-state index in [1.165, 1.54) is 22.3 Å². The van der Waals surface area contributed by atoms with Crippen molar-refractivity contribution in [3.63, 3.8) is 0 Å². The lowest BCUT2D eigenvalue weighted by molar-refractivity contribution is 0.941. The van der Waals surface area contributed by atoms with Crippen molar-refractivity contribution < 1.29 is 0 Å². The highest BCUT2D eigenvalue weighted by Gasteiger charge is 2.13. The summed E-state index contributed by atoms with van der Waals surface area (Å²) in [5, 5.41) is 0. The Morgan fingerprint density at radius 1 is 0.786 bits per heavy atom. The zero-order chi connectivity index (χ0) is 9.38. The summed E-state index contributed by atoms with van der Waals surface area (Å²) in [6.45, 7) is 0. The average molecular weight is 178 g/mol. The molecule has 0 amide bonds. The van der Waals surface area contributed by atoms with Gasteiger partial charge in [0.05, 0.1) is 0 Å². The molecule has 0 heteroatoms. The van der Waals surface area contributed by atoms with Gasteiger partial charge in [0.2, 0.25) is 0 Å². The van der Waals surface area contributed by atoms with Gasteiger partial charge in [-0.25, -0.2) is 0 Å². The van der Waals surface area contributed by atoms with E-state index in [4.69, 9.17) is 0 Å². The Morgan fingerprint density at radius 3 is 1.79 bits per heavy atom. The molecular weight excluding hydrogens is 168 g/mol. The summed E-state index contributed by atoms with van der Waals surface area (Å²) in [6, 6.07) is 18.8. The lowest BCUT2D eigenvalue weighted by Crippen LogP contribution is -2.02. The maximum absolute atomic E-state index is 3.14. The topological polar surface area (TPSA) is 0 Å². The van der Waals surface area contributed by atoms with Crippen LogP contribution in [0, 0.1) is 12.1 Å². The lowest BCUT2D eigenvalue weighted by Gasteiger charge is -2.18. The van der Waals surface area contributed by atoms with Crippen molar-refractivity contribution in [2.75, 3.05) is 0 Å². The molecule has 0 saturated carbocycles. The molecule has 1 aliphatic rings. The zero-order valence-electron chi connectivity index (χ0n) is 7.88. The van der Waals surface area contributed by atoms with Gasteiger partial charge < -0.3 is 0 Å². The molecule has 0 atom stereocenters. The molecule has 2 aromatic carbocycles. The van der Waals surface area contributed by atoms with Crippen molar-refractivity contribution in [2.24, 2.45) is 0 Å². The molecule has 0 bridgehead atoms. The molecule has 3 rings (SSSR count). The third-order valence-electron chi connectivity index (χ3n) is 2.85. The van der Waals surface area contributed by atoms with Crippen LogP contribution in [0.15, 0.2) is 36.4 Å². The molecule has 0 fully saturated rings. The van der Waals surface area contributed by atoms with Crippen LogP contribution >= 0.6 is 0 Å². The lowest BCUT2D eigenvalue weighted by atomic mass is 9.86. The Morgan fingerprint density at radius 2 is 1.29 bits per heavy atom. The van der Waals surface area contributed by atoms with E-state index in [2.05, 4.69) is 36.4 Å². The van der Waals surface area contributed by atoms with Crippen LogP contribution in [0.2, 0.25) is 0 Å². The maximum Gasteiger partial charge on any atom is -0.0149 e. The first-order valence-corrected chi connectivity index (χ1v) is 4.93. The Bertz CT molecular complexity index is 423. The number of rotatable bonds is 0. The van der Waals surface area contributed by atoms with Crippen LogP contribution in [0.25, 0.3) is 11.1 Å². The van der Waals surface area contributed by atoms with Crippen molar-refractivity contribution in [3.8, 4) is 11.1 Å². The van der Waals surface area contributed by atoms with E-state index in [1.807, 2.05) is 12.1 Å². The number of hydrogen-bond acceptors (Lipinski definition) is 0. The standard InChI is InChI=1S/C14H10/c1-3-7-13-11(5-1)9-10-12-6-2-4-8-14(12)13/h3-8H,9-10H2. The fraction of sp³-hybridized carbons (Fsp3) is 0.143. The number of fused-ring (bicyclic) bond motifs is 3. The maximum atomic E-state index is 3.14. The summed E-state index contributed by atoms with van der Waals surface area (Å²) in [6.07, 6.45) is 2.27. The van der Waals surface area contributed by atoms with Crippen LogP contribution in [0.1, 0.15) is 11.1 Å². The molecule has 0 heterocycles. The smallest absolute Gasteiger partial charge is 0.0149 e. The fourth-order valence-electron chi connectivity index (χ4n) is 2.14. The van der Waals surface area contributed by atoms with E-state index >= 15 is 0 Å². The first-order chi connectivity index (χ1) is 6.95. The predicted molar refractivity (Wildman–Crippen MR) is 57.0 cm³/mol. The molecule has 1 aliphatic carbocycles. The summed E-state index contributed by atoms with van der Waals surface area (Å²) in [5.74, 6) is 0. The van der Waals surface area contributed by atoms with Crippen LogP contribution in [0.5, 0.6) is 0 Å². The van der Waals surface area contributed by atoms with Gasteiger partial charge in [-0.3, -0.25) is 0 Å². The van der Waals surface area contributed by atoms with E-state index < -0.39 is 0 Å². The van der Waals surface area contributed by atoms with Gasteiger partial charge in [-0.1, -0.05) is 36.4 Å². The van der Waals surface area contributed by atoms with Gasteiger partial charge in [-0.15, -0.1) is 0 Å². The monoisotopic (exact) mass is 178 g/mol. The SMILES string of the molecule is [c]1ccc2c(c1)CCc1c[c]ccc1-2. The Kier molecular flexibility index (Phi) is 1.66. The van der Waals surface area contributed by atoms with E-state index in [9.17, 15) is 0 Å². The van der Waals surface area contributed by atoms with Gasteiger partial charge in [-0.2, -0.15) is 0 Å². The summed E-state index contributed by atoms with van der Waals surface area (Å²) in [4.78, 5) is 0. The van der Waals surface area contributed by atoms with Crippen LogP contribution in [-0.4, -0.2) is 0 Å². The van der Waals surface area contributed by atoms with Gasteiger partial charge in [-0.05, 0) is 47.2 Å². The van der Waals surface area contributed by atoms with Crippen LogP contribution in [0.3, 0.4) is 0 Å². The fourth-order valence-corrected chi connectivity index (χ4v) is 2.14. The molecule has 2 aromatic rings. The van der Waals surface area contributed by atoms with Crippen LogP contribution < -0.4 is 0 Å². The van der Waals surface area contributed by atoms with E-state index in [0.29, 0.717) is 0 Å². The number of benzene rings is 2. The number of aryl methyl sites for hydroxylation is 2. The molecule has 0 N–H and O–H groups in total. The van der Waals surface area contributed by atoms with Crippen LogP contribution in [0.4, 0.5) is 0 Å². The summed E-state index contributed by atoms with van der Waals surface area (Å²) in [7, 11) is 0. The Balaban J connectivity index is 2.29. The minimum Gasteiger partial charge on any atom is -0.0537 e. The van der Waals surface area contributed by atoms with Gasteiger partial charge in [0.25, 0.3) is 0 Å². The minimum absolute atomic E-state index is 1.14. The highest BCUT2D eigenvalue weighted by atomic mass is 14.2. The van der Waals surface area contributed by atoms with Gasteiger partial charge >= 0.3 is 0 Å². The van der Waals surface area contributed by atoms with Crippen molar-refractivity contribution in [1.29, 1.82) is 0 Å². The molecular formula is C14H10. The summed E-state index contributed by atoms with van der Waals surface area (Å²) >= 11 is 0. The highest BCUT2D eigenvalue weighted by Crippen LogP contribution is 2.32. The molecule has 0 aliphatic heterocycles. The summed E-state index contributed by atoms with van der Waals surface area (Å²) in [5.41, 5.74) is 5.59. The molecule has 0 nitrogen and oxygen atoms in total. The molecule has 0 saturated heterocycles. The van der Waals surface area contributed by atoms with Crippen molar-refractivity contribution >= 4 is 0 Å². The Hall–Kier alpha value is -1.56. The average Bonchev–Trinajstić information content (AvgIpc) is 2.29. The molecule has 0 aromatic heterocycles. The van der Waals surface area contributed by atoms with Gasteiger partial charge in [0.15, 0.2) is 0 Å². The van der Waals surface area contributed by atoms with Crippen LogP contribution in [-0.2, 0) is 12.8 Å². The molecule has 0 unspecified atom stereocenters. The summed E-state index contributed by atoms with van der Waals surface area (Å²) < 4.78 is 0. The third kappa shape index (κ3) is 1.07. The second-order valence-corrected chi connectivity index (χ2v) is 3.67. The quantitative estimate of drug-likeness (QED) is 0.581. The normalized spacial score (nSPS) is 13.1. The Labute approximate surface area is 84.2 Å². The first kappa shape index (κ1) is 7.81. The third-order valence-corrected chi connectivity index (χ3v) is 2.85. The second kappa shape index (κ2) is 2.98. The predicted octanol–water partition coefficient (Wildman–Crippen LogP) is 3.05. The second-order valence-electron chi connectivity index (χ2n) is 3.67. The van der Waals surface area contributed by atoms with E-state index in [-0.39, 0.29) is 0 Å². The van der Waals surface area contributed by atoms with Crippen molar-refractivity contribution in [2.45, 2.75) is 12.8 Å². The molecule has 0 spiro atoms. The molecule has 2 radical (unpaired) electrons. The minimum atomic E-state index is 1.14. The first-order valence-electron chi connectivity index (χ1n) is 4.93. The van der Waals surface area contributed by atoms with Crippen molar-refractivity contribution in [1.82, 2.24) is 0 Å². The van der Waals surface area contributed by atoms with E-state index in [0.717, 1.165) is 12.8 Å². The molecule has 14 heavy (non-hydrogen) atoms. The number of hydrogen-bond donors (Lipinski definition) is 0. The zero-order valence-corrected chi connectivity index (χ0v) is 7.88. The van der Waals surface area contributed by atoms with E-state index in [1.54, 1.807) is 0 Å².